The zero-order valence-electron chi connectivity index (χ0n) is 18.1. The molecule has 1 saturated heterocycles. The molecule has 3 aromatic rings. The van der Waals surface area contributed by atoms with Crippen LogP contribution in [0.3, 0.4) is 0 Å². The fourth-order valence-electron chi connectivity index (χ4n) is 3.79. The highest BCUT2D eigenvalue weighted by Crippen LogP contribution is 2.25. The third-order valence-corrected chi connectivity index (χ3v) is 6.81. The Labute approximate surface area is 177 Å². The van der Waals surface area contributed by atoms with Crippen molar-refractivity contribution in [3.05, 3.63) is 40.0 Å². The molecule has 0 radical (unpaired) electrons. The van der Waals surface area contributed by atoms with E-state index in [0.717, 1.165) is 66.8 Å². The lowest BCUT2D eigenvalue weighted by Gasteiger charge is -2.22. The second-order valence-corrected chi connectivity index (χ2v) is 9.28. The molecular formula is C22H30N6S. The largest absolute Gasteiger partial charge is 0.354 e. The van der Waals surface area contributed by atoms with Crippen LogP contribution in [0.2, 0.25) is 0 Å². The van der Waals surface area contributed by atoms with Crippen molar-refractivity contribution >= 4 is 33.3 Å². The molecule has 29 heavy (non-hydrogen) atoms. The van der Waals surface area contributed by atoms with Crippen LogP contribution in [0.4, 0.5) is 11.1 Å². The molecule has 4 rings (SSSR count). The highest BCUT2D eigenvalue weighted by atomic mass is 32.1. The van der Waals surface area contributed by atoms with Gasteiger partial charge >= 0.3 is 0 Å². The number of aromatic nitrogens is 3. The predicted octanol–water partition coefficient (Wildman–Crippen LogP) is 3.79. The maximum Gasteiger partial charge on any atom is 0.226 e. The maximum atomic E-state index is 4.92. The molecule has 2 aromatic heterocycles. The molecule has 154 valence electrons. The van der Waals surface area contributed by atoms with Crippen molar-refractivity contribution in [2.75, 3.05) is 50.1 Å². The maximum absolute atomic E-state index is 4.92. The van der Waals surface area contributed by atoms with Crippen molar-refractivity contribution in [3.8, 4) is 0 Å². The van der Waals surface area contributed by atoms with E-state index < -0.39 is 0 Å². The van der Waals surface area contributed by atoms with Gasteiger partial charge in [-0.15, -0.1) is 11.3 Å². The minimum Gasteiger partial charge on any atom is -0.354 e. The molecule has 0 unspecified atom stereocenters. The predicted molar refractivity (Wildman–Crippen MR) is 122 cm³/mol. The fraction of sp³-hybridized carbons (Fsp3) is 0.500. The standard InChI is InChI=1S/C22H30N6S/c1-15-11-19-17(3)24-21(25-20(19)12-16(15)2)28-8-6-7-27(9-10-28)14-18-13-23-22(29-18)26(4)5/h11-13H,6-10,14H2,1-5H3. The third kappa shape index (κ3) is 4.36. The van der Waals surface area contributed by atoms with E-state index in [-0.39, 0.29) is 0 Å². The van der Waals surface area contributed by atoms with Gasteiger partial charge in [0.05, 0.1) is 11.2 Å². The van der Waals surface area contributed by atoms with Crippen LogP contribution >= 0.6 is 11.3 Å². The average Bonchev–Trinajstić information content (AvgIpc) is 3.02. The van der Waals surface area contributed by atoms with Crippen molar-refractivity contribution in [2.45, 2.75) is 33.7 Å². The first-order valence-electron chi connectivity index (χ1n) is 10.3. The first-order valence-corrected chi connectivity index (χ1v) is 11.1. The molecule has 1 aliphatic rings. The van der Waals surface area contributed by atoms with E-state index in [4.69, 9.17) is 9.97 Å². The molecule has 0 atom stereocenters. The van der Waals surface area contributed by atoms with E-state index >= 15 is 0 Å². The molecule has 0 N–H and O–H groups in total. The summed E-state index contributed by atoms with van der Waals surface area (Å²) >= 11 is 1.78. The monoisotopic (exact) mass is 410 g/mol. The Morgan fingerprint density at radius 2 is 1.79 bits per heavy atom. The third-order valence-electron chi connectivity index (χ3n) is 5.66. The molecule has 1 fully saturated rings. The lowest BCUT2D eigenvalue weighted by Crippen LogP contribution is -2.31. The molecule has 3 heterocycles. The molecule has 6 nitrogen and oxygen atoms in total. The summed E-state index contributed by atoms with van der Waals surface area (Å²) in [4.78, 5) is 22.5. The van der Waals surface area contributed by atoms with Gasteiger partial charge in [-0.2, -0.15) is 0 Å². The number of hydrogen-bond acceptors (Lipinski definition) is 7. The Balaban J connectivity index is 1.48. The first kappa shape index (κ1) is 20.0. The molecule has 1 aromatic carbocycles. The summed E-state index contributed by atoms with van der Waals surface area (Å²) in [6.45, 7) is 11.4. The number of nitrogens with zero attached hydrogens (tertiary/aromatic N) is 6. The summed E-state index contributed by atoms with van der Waals surface area (Å²) in [5.74, 6) is 0.868. The van der Waals surface area contributed by atoms with Crippen LogP contribution < -0.4 is 9.80 Å². The van der Waals surface area contributed by atoms with Gasteiger partial charge in [0.2, 0.25) is 5.95 Å². The van der Waals surface area contributed by atoms with Gasteiger partial charge in [-0.25, -0.2) is 15.0 Å². The lowest BCUT2D eigenvalue weighted by atomic mass is 10.1. The topological polar surface area (TPSA) is 48.4 Å². The number of fused-ring (bicyclic) bond motifs is 1. The Kier molecular flexibility index (Phi) is 5.69. The zero-order chi connectivity index (χ0) is 20.5. The van der Waals surface area contributed by atoms with E-state index in [1.807, 2.05) is 20.3 Å². The summed E-state index contributed by atoms with van der Waals surface area (Å²) in [6, 6.07) is 4.41. The van der Waals surface area contributed by atoms with Crippen LogP contribution in [0.5, 0.6) is 0 Å². The molecular weight excluding hydrogens is 380 g/mol. The van der Waals surface area contributed by atoms with Gasteiger partial charge in [0.25, 0.3) is 0 Å². The van der Waals surface area contributed by atoms with E-state index in [1.54, 1.807) is 11.3 Å². The number of anilines is 2. The van der Waals surface area contributed by atoms with E-state index in [2.05, 4.69) is 52.6 Å². The van der Waals surface area contributed by atoms with Gasteiger partial charge in [0.1, 0.15) is 0 Å². The van der Waals surface area contributed by atoms with Crippen molar-refractivity contribution in [1.82, 2.24) is 19.9 Å². The SMILES string of the molecule is Cc1cc2nc(N3CCCN(Cc4cnc(N(C)C)s4)CC3)nc(C)c2cc1C. The summed E-state index contributed by atoms with van der Waals surface area (Å²) in [5, 5.41) is 2.23. The molecule has 0 amide bonds. The van der Waals surface area contributed by atoms with Gasteiger partial charge in [0, 0.05) is 63.3 Å². The number of aryl methyl sites for hydroxylation is 3. The van der Waals surface area contributed by atoms with E-state index in [1.165, 1.54) is 16.0 Å². The number of benzene rings is 1. The molecule has 0 aliphatic carbocycles. The van der Waals surface area contributed by atoms with Crippen molar-refractivity contribution in [3.63, 3.8) is 0 Å². The van der Waals surface area contributed by atoms with E-state index in [0.29, 0.717) is 0 Å². The van der Waals surface area contributed by atoms with Gasteiger partial charge in [0.15, 0.2) is 5.13 Å². The summed E-state index contributed by atoms with van der Waals surface area (Å²) in [6.07, 6.45) is 3.13. The zero-order valence-corrected chi connectivity index (χ0v) is 18.9. The Bertz CT molecular complexity index is 1010. The first-order chi connectivity index (χ1) is 13.9. The second-order valence-electron chi connectivity index (χ2n) is 8.18. The molecule has 0 spiro atoms. The minimum absolute atomic E-state index is 0.868. The highest BCUT2D eigenvalue weighted by Gasteiger charge is 2.19. The van der Waals surface area contributed by atoms with Crippen molar-refractivity contribution in [2.24, 2.45) is 0 Å². The summed E-state index contributed by atoms with van der Waals surface area (Å²) < 4.78 is 0. The number of hydrogen-bond donors (Lipinski definition) is 0. The van der Waals surface area contributed by atoms with E-state index in [9.17, 15) is 0 Å². The van der Waals surface area contributed by atoms with Crippen LogP contribution in [0, 0.1) is 20.8 Å². The smallest absolute Gasteiger partial charge is 0.226 e. The Morgan fingerprint density at radius 3 is 2.55 bits per heavy atom. The van der Waals surface area contributed by atoms with Crippen LogP contribution in [-0.4, -0.2) is 60.1 Å². The van der Waals surface area contributed by atoms with Crippen LogP contribution in [0.15, 0.2) is 18.3 Å². The molecule has 1 aliphatic heterocycles. The van der Waals surface area contributed by atoms with Crippen molar-refractivity contribution < 1.29 is 0 Å². The fourth-order valence-corrected chi connectivity index (χ4v) is 4.67. The van der Waals surface area contributed by atoms with Gasteiger partial charge < -0.3 is 9.80 Å². The Hall–Kier alpha value is -2.25. The van der Waals surface area contributed by atoms with Crippen LogP contribution in [0.1, 0.15) is 28.1 Å². The molecule has 7 heteroatoms. The number of thiazole rings is 1. The average molecular weight is 411 g/mol. The molecule has 0 bridgehead atoms. The minimum atomic E-state index is 0.868. The lowest BCUT2D eigenvalue weighted by molar-refractivity contribution is 0.288. The van der Waals surface area contributed by atoms with Gasteiger partial charge in [-0.1, -0.05) is 0 Å². The van der Waals surface area contributed by atoms with Crippen LogP contribution in [0.25, 0.3) is 10.9 Å². The number of rotatable bonds is 4. The molecule has 0 saturated carbocycles. The second kappa shape index (κ2) is 8.24. The summed E-state index contributed by atoms with van der Waals surface area (Å²) in [5.41, 5.74) is 4.70. The quantitative estimate of drug-likeness (QED) is 0.652. The highest BCUT2D eigenvalue weighted by molar-refractivity contribution is 7.15. The van der Waals surface area contributed by atoms with Crippen LogP contribution in [-0.2, 0) is 6.54 Å². The normalized spacial score (nSPS) is 15.7. The van der Waals surface area contributed by atoms with Crippen molar-refractivity contribution in [1.29, 1.82) is 0 Å². The van der Waals surface area contributed by atoms with Gasteiger partial charge in [-0.3, -0.25) is 4.90 Å². The summed E-state index contributed by atoms with van der Waals surface area (Å²) in [7, 11) is 4.08. The Morgan fingerprint density at radius 1 is 1.00 bits per heavy atom. The van der Waals surface area contributed by atoms with Gasteiger partial charge in [-0.05, 0) is 50.5 Å².